The lowest BCUT2D eigenvalue weighted by molar-refractivity contribution is -0.128. The maximum absolute atomic E-state index is 15.1. The van der Waals surface area contributed by atoms with Crippen LogP contribution in [0.1, 0.15) is 61.0 Å². The van der Waals surface area contributed by atoms with Crippen molar-refractivity contribution in [3.05, 3.63) is 71.0 Å². The van der Waals surface area contributed by atoms with E-state index < -0.39 is 46.8 Å². The number of carboxylic acids is 1. The molecule has 3 rings (SSSR count). The van der Waals surface area contributed by atoms with E-state index in [2.05, 4.69) is 0 Å². The highest BCUT2D eigenvalue weighted by Gasteiger charge is 2.59. The van der Waals surface area contributed by atoms with Crippen molar-refractivity contribution >= 4 is 18.0 Å². The Morgan fingerprint density at radius 2 is 1.75 bits per heavy atom. The Hall–Kier alpha value is -3.42. The minimum Gasteiger partial charge on any atom is -0.478 e. The lowest BCUT2D eigenvalue weighted by atomic mass is 9.72. The van der Waals surface area contributed by atoms with Crippen LogP contribution >= 0.6 is 0 Å². The van der Waals surface area contributed by atoms with Crippen LogP contribution in [-0.2, 0) is 9.53 Å². The average molecular weight is 442 g/mol. The third kappa shape index (κ3) is 4.04. The first-order chi connectivity index (χ1) is 14.9. The van der Waals surface area contributed by atoms with Crippen LogP contribution in [0.3, 0.4) is 0 Å². The topological polar surface area (TPSA) is 110 Å². The molecule has 0 radical (unpaired) electrons. The van der Waals surface area contributed by atoms with Gasteiger partial charge in [-0.15, -0.1) is 0 Å². The van der Waals surface area contributed by atoms with Crippen LogP contribution in [0.25, 0.3) is 0 Å². The summed E-state index contributed by atoms with van der Waals surface area (Å²) < 4.78 is 20.6. The van der Waals surface area contributed by atoms with E-state index in [1.807, 2.05) is 0 Å². The number of benzene rings is 2. The fraction of sp³-hybridized carbons (Fsp3) is 0.375. The second-order valence-corrected chi connectivity index (χ2v) is 9.10. The minimum atomic E-state index is -1.59. The van der Waals surface area contributed by atoms with Gasteiger partial charge in [0.2, 0.25) is 5.91 Å². The molecule has 1 aliphatic rings. The van der Waals surface area contributed by atoms with E-state index in [4.69, 9.17) is 10.5 Å². The molecule has 8 heteroatoms. The summed E-state index contributed by atoms with van der Waals surface area (Å²) in [6, 6.07) is 12.6. The number of amides is 2. The number of carbonyl (C=O) groups excluding carboxylic acids is 2. The molecule has 1 fully saturated rings. The molecule has 1 heterocycles. The Bertz CT molecular complexity index is 1050. The van der Waals surface area contributed by atoms with Gasteiger partial charge in [0.1, 0.15) is 17.0 Å². The van der Waals surface area contributed by atoms with E-state index in [0.717, 1.165) is 0 Å². The Morgan fingerprint density at radius 1 is 1.12 bits per heavy atom. The Labute approximate surface area is 186 Å². The van der Waals surface area contributed by atoms with Gasteiger partial charge in [-0.25, -0.2) is 14.0 Å². The standard InChI is InChI=1S/C24H27FN2O5/c1-23(2,3)32-22(31)27-13-16(18-15(20(28)29)11-8-12-17(18)25)19(24(27,4)21(26)30)14-9-6-5-7-10-14/h5-12,16,19H,13H2,1-4H3,(H2,26,30)(H,28,29)/t16?,19-,24-/m0/s1. The summed E-state index contributed by atoms with van der Waals surface area (Å²) in [5.41, 5.74) is 3.72. The number of hydrogen-bond acceptors (Lipinski definition) is 4. The molecular formula is C24H27FN2O5. The van der Waals surface area contributed by atoms with Crippen molar-refractivity contribution in [2.75, 3.05) is 6.54 Å². The van der Waals surface area contributed by atoms with E-state index in [0.29, 0.717) is 5.56 Å². The van der Waals surface area contributed by atoms with E-state index in [9.17, 15) is 19.5 Å². The van der Waals surface area contributed by atoms with Crippen LogP contribution in [0.5, 0.6) is 0 Å². The summed E-state index contributed by atoms with van der Waals surface area (Å²) in [6.45, 7) is 6.43. The number of rotatable bonds is 4. The average Bonchev–Trinajstić information content (AvgIpc) is 3.01. The number of carboxylic acid groups (broad SMARTS) is 1. The lowest BCUT2D eigenvalue weighted by Crippen LogP contribution is -2.57. The van der Waals surface area contributed by atoms with Crippen molar-refractivity contribution < 1.29 is 28.6 Å². The van der Waals surface area contributed by atoms with Gasteiger partial charge in [0.15, 0.2) is 0 Å². The number of carbonyl (C=O) groups is 3. The first-order valence-electron chi connectivity index (χ1n) is 10.2. The van der Waals surface area contributed by atoms with Crippen LogP contribution < -0.4 is 5.73 Å². The molecule has 2 amide bonds. The number of likely N-dealkylation sites (tertiary alicyclic amines) is 1. The molecule has 1 unspecified atom stereocenters. The zero-order valence-electron chi connectivity index (χ0n) is 18.5. The lowest BCUT2D eigenvalue weighted by Gasteiger charge is -2.37. The molecule has 3 atom stereocenters. The van der Waals surface area contributed by atoms with Crippen LogP contribution in [0.4, 0.5) is 9.18 Å². The molecule has 3 N–H and O–H groups in total. The molecule has 0 spiro atoms. The number of nitrogens with two attached hydrogens (primary N) is 1. The molecule has 0 saturated carbocycles. The van der Waals surface area contributed by atoms with Gasteiger partial charge >= 0.3 is 12.1 Å². The van der Waals surface area contributed by atoms with Crippen molar-refractivity contribution in [2.24, 2.45) is 5.73 Å². The molecule has 0 aliphatic carbocycles. The fourth-order valence-electron chi connectivity index (χ4n) is 4.49. The van der Waals surface area contributed by atoms with Crippen molar-refractivity contribution in [2.45, 2.75) is 50.7 Å². The highest BCUT2D eigenvalue weighted by Crippen LogP contribution is 2.51. The summed E-state index contributed by atoms with van der Waals surface area (Å²) in [5.74, 6) is -4.48. The summed E-state index contributed by atoms with van der Waals surface area (Å²) >= 11 is 0. The Kier molecular flexibility index (Phi) is 6.00. The molecule has 2 aromatic rings. The number of halogens is 1. The monoisotopic (exact) mass is 442 g/mol. The number of primary amides is 1. The Balaban J connectivity index is 2.26. The van der Waals surface area contributed by atoms with E-state index >= 15 is 4.39 Å². The highest BCUT2D eigenvalue weighted by molar-refractivity contribution is 5.92. The van der Waals surface area contributed by atoms with Gasteiger partial charge in [-0.1, -0.05) is 36.4 Å². The molecule has 1 aliphatic heterocycles. The molecule has 0 bridgehead atoms. The molecule has 7 nitrogen and oxygen atoms in total. The Morgan fingerprint density at radius 3 is 2.28 bits per heavy atom. The molecule has 1 saturated heterocycles. The van der Waals surface area contributed by atoms with Gasteiger partial charge in [0.25, 0.3) is 0 Å². The van der Waals surface area contributed by atoms with E-state index in [1.165, 1.54) is 30.0 Å². The van der Waals surface area contributed by atoms with E-state index in [1.54, 1.807) is 51.1 Å². The maximum Gasteiger partial charge on any atom is 0.411 e. The number of aromatic carboxylic acids is 1. The first-order valence-corrected chi connectivity index (χ1v) is 10.2. The number of hydrogen-bond donors (Lipinski definition) is 2. The predicted molar refractivity (Wildman–Crippen MR) is 116 cm³/mol. The zero-order chi connectivity index (χ0) is 23.8. The molecular weight excluding hydrogens is 415 g/mol. The SMILES string of the molecule is CC(C)(C)OC(=O)N1CC(c2c(F)cccc2C(=O)O)[C@H](c2ccccc2)[C@@]1(C)C(N)=O. The third-order valence-electron chi connectivity index (χ3n) is 5.87. The minimum absolute atomic E-state index is 0.0765. The van der Waals surface area contributed by atoms with Crippen LogP contribution in [-0.4, -0.2) is 45.7 Å². The first kappa shape index (κ1) is 23.2. The molecule has 0 aromatic heterocycles. The van der Waals surface area contributed by atoms with Crippen molar-refractivity contribution in [3.63, 3.8) is 0 Å². The summed E-state index contributed by atoms with van der Waals surface area (Å²) in [5, 5.41) is 9.71. The summed E-state index contributed by atoms with van der Waals surface area (Å²) in [4.78, 5) is 39.1. The second-order valence-electron chi connectivity index (χ2n) is 9.10. The highest BCUT2D eigenvalue weighted by atomic mass is 19.1. The van der Waals surface area contributed by atoms with Gasteiger partial charge in [-0.05, 0) is 45.4 Å². The van der Waals surface area contributed by atoms with Crippen LogP contribution in [0.2, 0.25) is 0 Å². The van der Waals surface area contributed by atoms with Crippen molar-refractivity contribution in [1.82, 2.24) is 4.90 Å². The van der Waals surface area contributed by atoms with Gasteiger partial charge in [0, 0.05) is 23.9 Å². The summed E-state index contributed by atoms with van der Waals surface area (Å²) in [7, 11) is 0. The molecule has 170 valence electrons. The van der Waals surface area contributed by atoms with E-state index in [-0.39, 0.29) is 17.7 Å². The van der Waals surface area contributed by atoms with Gasteiger partial charge < -0.3 is 15.6 Å². The number of nitrogens with zero attached hydrogens (tertiary/aromatic N) is 1. The number of ether oxygens (including phenoxy) is 1. The molecule has 32 heavy (non-hydrogen) atoms. The van der Waals surface area contributed by atoms with Crippen LogP contribution in [0, 0.1) is 5.82 Å². The van der Waals surface area contributed by atoms with Gasteiger partial charge in [0.05, 0.1) is 5.56 Å². The van der Waals surface area contributed by atoms with Crippen molar-refractivity contribution in [3.8, 4) is 0 Å². The maximum atomic E-state index is 15.1. The fourth-order valence-corrected chi connectivity index (χ4v) is 4.49. The largest absolute Gasteiger partial charge is 0.478 e. The zero-order valence-corrected chi connectivity index (χ0v) is 18.5. The van der Waals surface area contributed by atoms with Crippen molar-refractivity contribution in [1.29, 1.82) is 0 Å². The predicted octanol–water partition coefficient (Wildman–Crippen LogP) is 3.89. The van der Waals surface area contributed by atoms with Gasteiger partial charge in [-0.2, -0.15) is 0 Å². The summed E-state index contributed by atoms with van der Waals surface area (Å²) in [6.07, 6.45) is -0.782. The molecule has 2 aromatic carbocycles. The third-order valence-corrected chi connectivity index (χ3v) is 5.87. The van der Waals surface area contributed by atoms with Crippen LogP contribution in [0.15, 0.2) is 48.5 Å². The van der Waals surface area contributed by atoms with Gasteiger partial charge in [-0.3, -0.25) is 9.69 Å². The smallest absolute Gasteiger partial charge is 0.411 e. The second kappa shape index (κ2) is 8.26. The quantitative estimate of drug-likeness (QED) is 0.747. The normalized spacial score (nSPS) is 23.1.